The second-order valence-electron chi connectivity index (χ2n) is 5.71. The number of piperidine rings is 1. The summed E-state index contributed by atoms with van der Waals surface area (Å²) in [6.45, 7) is 4.91. The zero-order valence-electron chi connectivity index (χ0n) is 12.4. The van der Waals surface area contributed by atoms with E-state index in [9.17, 15) is 0 Å². The molecule has 112 valence electrons. The van der Waals surface area contributed by atoms with Gasteiger partial charge in [0.2, 0.25) is 5.95 Å². The van der Waals surface area contributed by atoms with Crippen molar-refractivity contribution < 1.29 is 5.11 Å². The van der Waals surface area contributed by atoms with Gasteiger partial charge < -0.3 is 15.3 Å². The zero-order valence-corrected chi connectivity index (χ0v) is 12.4. The number of rotatable bonds is 4. The molecule has 1 fully saturated rings. The summed E-state index contributed by atoms with van der Waals surface area (Å²) in [6.07, 6.45) is 2.38. The van der Waals surface area contributed by atoms with Crippen molar-refractivity contribution in [3.05, 3.63) is 24.3 Å². The normalized spacial score (nSPS) is 16.4. The van der Waals surface area contributed by atoms with E-state index in [0.29, 0.717) is 6.54 Å². The number of anilines is 2. The van der Waals surface area contributed by atoms with Gasteiger partial charge in [-0.1, -0.05) is 19.1 Å². The Bertz CT molecular complexity index is 608. The first-order chi connectivity index (χ1) is 10.3. The van der Waals surface area contributed by atoms with E-state index < -0.39 is 0 Å². The van der Waals surface area contributed by atoms with Gasteiger partial charge in [0.25, 0.3) is 0 Å². The largest absolute Gasteiger partial charge is 0.395 e. The van der Waals surface area contributed by atoms with Crippen molar-refractivity contribution in [2.75, 3.05) is 36.5 Å². The highest BCUT2D eigenvalue weighted by Crippen LogP contribution is 2.26. The van der Waals surface area contributed by atoms with E-state index >= 15 is 0 Å². The summed E-state index contributed by atoms with van der Waals surface area (Å²) in [7, 11) is 0. The first-order valence-corrected chi connectivity index (χ1v) is 7.64. The highest BCUT2D eigenvalue weighted by atomic mass is 16.3. The average Bonchev–Trinajstić information content (AvgIpc) is 2.53. The van der Waals surface area contributed by atoms with Gasteiger partial charge >= 0.3 is 0 Å². The minimum Gasteiger partial charge on any atom is -0.395 e. The van der Waals surface area contributed by atoms with Crippen molar-refractivity contribution in [1.82, 2.24) is 9.97 Å². The van der Waals surface area contributed by atoms with Crippen LogP contribution in [0.3, 0.4) is 0 Å². The fourth-order valence-corrected chi connectivity index (χ4v) is 2.72. The molecule has 1 aliphatic rings. The van der Waals surface area contributed by atoms with Gasteiger partial charge in [0.05, 0.1) is 12.1 Å². The number of aliphatic hydroxyl groups is 1. The third kappa shape index (κ3) is 3.08. The Morgan fingerprint density at radius 3 is 2.76 bits per heavy atom. The maximum absolute atomic E-state index is 9.03. The number of aliphatic hydroxyl groups excluding tert-OH is 1. The molecule has 1 aromatic carbocycles. The van der Waals surface area contributed by atoms with Crippen LogP contribution >= 0.6 is 0 Å². The minimum absolute atomic E-state index is 0.0922. The fraction of sp³-hybridized carbons (Fsp3) is 0.500. The molecule has 0 radical (unpaired) electrons. The molecule has 2 aromatic rings. The highest BCUT2D eigenvalue weighted by Gasteiger charge is 2.19. The van der Waals surface area contributed by atoms with Crippen LogP contribution in [0.2, 0.25) is 0 Å². The molecule has 5 nitrogen and oxygen atoms in total. The van der Waals surface area contributed by atoms with E-state index in [0.717, 1.165) is 41.7 Å². The molecule has 0 aliphatic carbocycles. The van der Waals surface area contributed by atoms with Gasteiger partial charge in [-0.15, -0.1) is 0 Å². The molecule has 21 heavy (non-hydrogen) atoms. The number of hydrogen-bond acceptors (Lipinski definition) is 5. The molecular weight excluding hydrogens is 264 g/mol. The summed E-state index contributed by atoms with van der Waals surface area (Å²) in [4.78, 5) is 11.6. The lowest BCUT2D eigenvalue weighted by atomic mass is 10.00. The van der Waals surface area contributed by atoms with Crippen LogP contribution < -0.4 is 10.2 Å². The molecule has 1 aromatic heterocycles. The lowest BCUT2D eigenvalue weighted by Crippen LogP contribution is -2.34. The zero-order chi connectivity index (χ0) is 14.7. The van der Waals surface area contributed by atoms with Crippen molar-refractivity contribution in [2.45, 2.75) is 19.8 Å². The van der Waals surface area contributed by atoms with Crippen molar-refractivity contribution in [2.24, 2.45) is 5.92 Å². The Balaban J connectivity index is 1.95. The lowest BCUT2D eigenvalue weighted by Gasteiger charge is -2.30. The standard InChI is InChI=1S/C16H22N4O/c1-12-6-9-20(10-7-12)16-18-14-5-3-2-4-13(14)15(19-16)17-8-11-21/h2-5,12,21H,6-11H2,1H3,(H,17,18,19). The minimum atomic E-state index is 0.0922. The number of fused-ring (bicyclic) bond motifs is 1. The van der Waals surface area contributed by atoms with Crippen LogP contribution in [0.5, 0.6) is 0 Å². The molecule has 1 aliphatic heterocycles. The van der Waals surface area contributed by atoms with Crippen molar-refractivity contribution in [3.63, 3.8) is 0 Å². The third-order valence-corrected chi connectivity index (χ3v) is 4.06. The average molecular weight is 286 g/mol. The van der Waals surface area contributed by atoms with Crippen molar-refractivity contribution in [1.29, 1.82) is 0 Å². The van der Waals surface area contributed by atoms with Gasteiger partial charge in [0.15, 0.2) is 0 Å². The maximum Gasteiger partial charge on any atom is 0.227 e. The first kappa shape index (κ1) is 14.1. The van der Waals surface area contributed by atoms with Crippen LogP contribution in [-0.2, 0) is 0 Å². The molecule has 0 saturated carbocycles. The van der Waals surface area contributed by atoms with Gasteiger partial charge in [-0.3, -0.25) is 0 Å². The van der Waals surface area contributed by atoms with Crippen LogP contribution in [0.25, 0.3) is 10.9 Å². The SMILES string of the molecule is CC1CCN(c2nc(NCCO)c3ccccc3n2)CC1. The Hall–Kier alpha value is -1.88. The Morgan fingerprint density at radius 1 is 1.24 bits per heavy atom. The highest BCUT2D eigenvalue weighted by molar-refractivity contribution is 5.90. The molecule has 0 amide bonds. The maximum atomic E-state index is 9.03. The number of nitrogens with one attached hydrogen (secondary N) is 1. The summed E-state index contributed by atoms with van der Waals surface area (Å²) >= 11 is 0. The van der Waals surface area contributed by atoms with Gasteiger partial charge in [0.1, 0.15) is 5.82 Å². The van der Waals surface area contributed by atoms with Crippen LogP contribution in [0.15, 0.2) is 24.3 Å². The molecule has 2 heterocycles. The predicted octanol–water partition coefficient (Wildman–Crippen LogP) is 2.27. The van der Waals surface area contributed by atoms with E-state index in [4.69, 9.17) is 10.1 Å². The van der Waals surface area contributed by atoms with Gasteiger partial charge in [0, 0.05) is 25.0 Å². The Kier molecular flexibility index (Phi) is 4.20. The monoisotopic (exact) mass is 286 g/mol. The number of para-hydroxylation sites is 1. The van der Waals surface area contributed by atoms with Gasteiger partial charge in [-0.25, -0.2) is 4.98 Å². The molecule has 0 atom stereocenters. The van der Waals surface area contributed by atoms with Crippen LogP contribution in [0.1, 0.15) is 19.8 Å². The van der Waals surface area contributed by atoms with Crippen LogP contribution in [0.4, 0.5) is 11.8 Å². The van der Waals surface area contributed by atoms with Gasteiger partial charge in [-0.2, -0.15) is 4.98 Å². The van der Waals surface area contributed by atoms with Crippen LogP contribution in [-0.4, -0.2) is 41.3 Å². The predicted molar refractivity (Wildman–Crippen MR) is 85.7 cm³/mol. The smallest absolute Gasteiger partial charge is 0.227 e. The topological polar surface area (TPSA) is 61.3 Å². The first-order valence-electron chi connectivity index (χ1n) is 7.64. The van der Waals surface area contributed by atoms with E-state index in [-0.39, 0.29) is 6.61 Å². The summed E-state index contributed by atoms with van der Waals surface area (Å²) in [5.74, 6) is 2.39. The summed E-state index contributed by atoms with van der Waals surface area (Å²) in [6, 6.07) is 8.00. The molecule has 0 bridgehead atoms. The second-order valence-corrected chi connectivity index (χ2v) is 5.71. The summed E-state index contributed by atoms with van der Waals surface area (Å²) < 4.78 is 0. The number of benzene rings is 1. The second kappa shape index (κ2) is 6.26. The third-order valence-electron chi connectivity index (χ3n) is 4.06. The van der Waals surface area contributed by atoms with E-state index in [1.54, 1.807) is 0 Å². The number of hydrogen-bond donors (Lipinski definition) is 2. The fourth-order valence-electron chi connectivity index (χ4n) is 2.72. The van der Waals surface area contributed by atoms with Gasteiger partial charge in [-0.05, 0) is 30.9 Å². The van der Waals surface area contributed by atoms with Crippen molar-refractivity contribution in [3.8, 4) is 0 Å². The van der Waals surface area contributed by atoms with E-state index in [1.807, 2.05) is 24.3 Å². The van der Waals surface area contributed by atoms with E-state index in [2.05, 4.69) is 22.1 Å². The number of nitrogens with zero attached hydrogens (tertiary/aromatic N) is 3. The Labute approximate surface area is 125 Å². The molecule has 1 saturated heterocycles. The molecule has 5 heteroatoms. The van der Waals surface area contributed by atoms with Crippen molar-refractivity contribution >= 4 is 22.7 Å². The molecule has 0 spiro atoms. The van der Waals surface area contributed by atoms with E-state index in [1.165, 1.54) is 12.8 Å². The molecule has 2 N–H and O–H groups in total. The molecule has 3 rings (SSSR count). The Morgan fingerprint density at radius 2 is 2.00 bits per heavy atom. The molecule has 0 unspecified atom stereocenters. The lowest BCUT2D eigenvalue weighted by molar-refractivity contribution is 0.311. The summed E-state index contributed by atoms with van der Waals surface area (Å²) in [5, 5.41) is 13.2. The molecular formula is C16H22N4O. The number of aromatic nitrogens is 2. The van der Waals surface area contributed by atoms with Crippen LogP contribution in [0, 0.1) is 5.92 Å². The summed E-state index contributed by atoms with van der Waals surface area (Å²) in [5.41, 5.74) is 0.946. The quantitative estimate of drug-likeness (QED) is 0.903.